The number of nitrogens with one attached hydrogen (secondary N) is 1. The Labute approximate surface area is 113 Å². The quantitative estimate of drug-likeness (QED) is 0.890. The Kier molecular flexibility index (Phi) is 3.82. The molecule has 1 aliphatic heterocycles. The predicted octanol–water partition coefficient (Wildman–Crippen LogP) is 1.27. The van der Waals surface area contributed by atoms with Crippen molar-refractivity contribution in [2.45, 2.75) is 57.2 Å². The molecule has 0 spiro atoms. The standard InChI is InChI=1S/C14H21N3O2/c18-14(10-19-12-3-1-2-4-12)16-11-5-6-13-15-7-8-17(13)9-11/h7-8,11-12H,1-6,9-10H2,(H,16,18)/t11-/m1/s1. The second-order valence-corrected chi connectivity index (χ2v) is 5.52. The highest BCUT2D eigenvalue weighted by Crippen LogP contribution is 2.20. The van der Waals surface area contributed by atoms with Gasteiger partial charge in [-0.2, -0.15) is 0 Å². The van der Waals surface area contributed by atoms with Crippen molar-refractivity contribution in [2.24, 2.45) is 0 Å². The Morgan fingerprint density at radius 1 is 1.42 bits per heavy atom. The molecule has 3 rings (SSSR count). The Morgan fingerprint density at radius 3 is 3.11 bits per heavy atom. The Bertz CT molecular complexity index is 438. The molecule has 5 heteroatoms. The van der Waals surface area contributed by atoms with E-state index in [9.17, 15) is 4.79 Å². The van der Waals surface area contributed by atoms with Gasteiger partial charge in [-0.05, 0) is 19.3 Å². The first kappa shape index (κ1) is 12.7. The monoisotopic (exact) mass is 263 g/mol. The van der Waals surface area contributed by atoms with E-state index < -0.39 is 0 Å². The van der Waals surface area contributed by atoms with E-state index in [-0.39, 0.29) is 18.6 Å². The third kappa shape index (κ3) is 3.15. The highest BCUT2D eigenvalue weighted by atomic mass is 16.5. The summed E-state index contributed by atoms with van der Waals surface area (Å²) in [7, 11) is 0. The Morgan fingerprint density at radius 2 is 2.26 bits per heavy atom. The lowest BCUT2D eigenvalue weighted by molar-refractivity contribution is -0.128. The maximum Gasteiger partial charge on any atom is 0.246 e. The normalized spacial score (nSPS) is 23.3. The summed E-state index contributed by atoms with van der Waals surface area (Å²) in [5.41, 5.74) is 0. The Hall–Kier alpha value is -1.36. The van der Waals surface area contributed by atoms with E-state index in [0.29, 0.717) is 6.10 Å². The molecule has 19 heavy (non-hydrogen) atoms. The molecular weight excluding hydrogens is 242 g/mol. The Balaban J connectivity index is 1.42. The minimum absolute atomic E-state index is 0.0143. The van der Waals surface area contributed by atoms with E-state index in [1.165, 1.54) is 12.8 Å². The van der Waals surface area contributed by atoms with Crippen LogP contribution in [0.1, 0.15) is 37.9 Å². The molecular formula is C14H21N3O2. The summed E-state index contributed by atoms with van der Waals surface area (Å²) in [6.07, 6.45) is 10.7. The van der Waals surface area contributed by atoms with Crippen molar-refractivity contribution in [1.29, 1.82) is 0 Å². The van der Waals surface area contributed by atoms with Gasteiger partial charge in [0, 0.05) is 31.4 Å². The van der Waals surface area contributed by atoms with Gasteiger partial charge in [-0.3, -0.25) is 4.79 Å². The first-order valence-electron chi connectivity index (χ1n) is 7.22. The fourth-order valence-corrected chi connectivity index (χ4v) is 3.00. The van der Waals surface area contributed by atoms with Crippen LogP contribution in [0.2, 0.25) is 0 Å². The zero-order chi connectivity index (χ0) is 13.1. The van der Waals surface area contributed by atoms with E-state index >= 15 is 0 Å². The van der Waals surface area contributed by atoms with Crippen LogP contribution in [0.5, 0.6) is 0 Å². The molecule has 1 atom stereocenters. The number of carbonyl (C=O) groups is 1. The number of carbonyl (C=O) groups excluding carboxylic acids is 1. The number of hydrogen-bond acceptors (Lipinski definition) is 3. The van der Waals surface area contributed by atoms with Crippen LogP contribution in [0, 0.1) is 0 Å². The molecule has 1 aliphatic carbocycles. The summed E-state index contributed by atoms with van der Waals surface area (Å²) in [6.45, 7) is 1.03. The molecule has 0 bridgehead atoms. The van der Waals surface area contributed by atoms with Gasteiger partial charge in [-0.15, -0.1) is 0 Å². The minimum atomic E-state index is 0.0143. The number of nitrogens with zero attached hydrogens (tertiary/aromatic N) is 2. The second kappa shape index (κ2) is 5.74. The number of amides is 1. The highest BCUT2D eigenvalue weighted by Gasteiger charge is 2.21. The zero-order valence-electron chi connectivity index (χ0n) is 11.2. The van der Waals surface area contributed by atoms with E-state index in [2.05, 4.69) is 14.9 Å². The van der Waals surface area contributed by atoms with Crippen LogP contribution < -0.4 is 5.32 Å². The predicted molar refractivity (Wildman–Crippen MR) is 70.7 cm³/mol. The fourth-order valence-electron chi connectivity index (χ4n) is 3.00. The van der Waals surface area contributed by atoms with E-state index in [1.54, 1.807) is 0 Å². The number of fused-ring (bicyclic) bond motifs is 1. The third-order valence-electron chi connectivity index (χ3n) is 4.05. The van der Waals surface area contributed by atoms with E-state index in [4.69, 9.17) is 4.74 Å². The minimum Gasteiger partial charge on any atom is -0.368 e. The summed E-state index contributed by atoms with van der Waals surface area (Å²) < 4.78 is 7.75. The summed E-state index contributed by atoms with van der Waals surface area (Å²) in [5.74, 6) is 1.13. The molecule has 1 aromatic rings. The largest absolute Gasteiger partial charge is 0.368 e. The maximum absolute atomic E-state index is 11.9. The number of ether oxygens (including phenoxy) is 1. The molecule has 1 fully saturated rings. The summed E-state index contributed by atoms with van der Waals surface area (Å²) in [6, 6.07) is 0.210. The number of rotatable bonds is 4. The smallest absolute Gasteiger partial charge is 0.246 e. The van der Waals surface area contributed by atoms with Gasteiger partial charge in [-0.1, -0.05) is 12.8 Å². The first-order valence-corrected chi connectivity index (χ1v) is 7.22. The third-order valence-corrected chi connectivity index (χ3v) is 4.05. The van der Waals surface area contributed by atoms with Crippen LogP contribution in [0.3, 0.4) is 0 Å². The lowest BCUT2D eigenvalue weighted by Crippen LogP contribution is -2.42. The van der Waals surface area contributed by atoms with Crippen LogP contribution in [-0.4, -0.2) is 34.2 Å². The lowest BCUT2D eigenvalue weighted by atomic mass is 10.1. The first-order chi connectivity index (χ1) is 9.31. The number of hydrogen-bond donors (Lipinski definition) is 1. The molecule has 5 nitrogen and oxygen atoms in total. The average molecular weight is 263 g/mol. The topological polar surface area (TPSA) is 56.1 Å². The molecule has 0 radical (unpaired) electrons. The number of imidazole rings is 1. The molecule has 1 amide bonds. The van der Waals surface area contributed by atoms with Gasteiger partial charge in [0.25, 0.3) is 0 Å². The number of aromatic nitrogens is 2. The van der Waals surface area contributed by atoms with Gasteiger partial charge >= 0.3 is 0 Å². The van der Waals surface area contributed by atoms with Crippen LogP contribution in [-0.2, 0) is 22.5 Å². The van der Waals surface area contributed by atoms with Crippen molar-refractivity contribution in [3.63, 3.8) is 0 Å². The molecule has 1 aromatic heterocycles. The molecule has 2 aliphatic rings. The van der Waals surface area contributed by atoms with Crippen LogP contribution in [0.15, 0.2) is 12.4 Å². The molecule has 2 heterocycles. The van der Waals surface area contributed by atoms with Crippen molar-refractivity contribution < 1.29 is 9.53 Å². The summed E-state index contributed by atoms with van der Waals surface area (Å²) >= 11 is 0. The zero-order valence-corrected chi connectivity index (χ0v) is 11.2. The van der Waals surface area contributed by atoms with Crippen molar-refractivity contribution >= 4 is 5.91 Å². The van der Waals surface area contributed by atoms with Crippen molar-refractivity contribution in [3.8, 4) is 0 Å². The van der Waals surface area contributed by atoms with Crippen molar-refractivity contribution in [1.82, 2.24) is 14.9 Å². The van der Waals surface area contributed by atoms with Gasteiger partial charge in [-0.25, -0.2) is 4.98 Å². The van der Waals surface area contributed by atoms with Gasteiger partial charge in [0.05, 0.1) is 6.10 Å². The van der Waals surface area contributed by atoms with Crippen LogP contribution >= 0.6 is 0 Å². The van der Waals surface area contributed by atoms with Gasteiger partial charge in [0.1, 0.15) is 12.4 Å². The molecule has 104 valence electrons. The van der Waals surface area contributed by atoms with Gasteiger partial charge < -0.3 is 14.6 Å². The summed E-state index contributed by atoms with van der Waals surface area (Å²) in [4.78, 5) is 16.1. The summed E-state index contributed by atoms with van der Waals surface area (Å²) in [5, 5.41) is 3.06. The molecule has 0 saturated heterocycles. The van der Waals surface area contributed by atoms with Gasteiger partial charge in [0.2, 0.25) is 5.91 Å². The van der Waals surface area contributed by atoms with Crippen LogP contribution in [0.25, 0.3) is 0 Å². The lowest BCUT2D eigenvalue weighted by Gasteiger charge is -2.25. The van der Waals surface area contributed by atoms with Crippen molar-refractivity contribution in [2.75, 3.05) is 6.61 Å². The van der Waals surface area contributed by atoms with Gasteiger partial charge in [0.15, 0.2) is 0 Å². The highest BCUT2D eigenvalue weighted by molar-refractivity contribution is 5.77. The molecule has 1 N–H and O–H groups in total. The van der Waals surface area contributed by atoms with E-state index in [0.717, 1.165) is 38.1 Å². The molecule has 0 unspecified atom stereocenters. The average Bonchev–Trinajstić information content (AvgIpc) is 3.07. The van der Waals surface area contributed by atoms with Crippen molar-refractivity contribution in [3.05, 3.63) is 18.2 Å². The maximum atomic E-state index is 11.9. The van der Waals surface area contributed by atoms with Crippen LogP contribution in [0.4, 0.5) is 0 Å². The number of aryl methyl sites for hydroxylation is 1. The molecule has 0 aromatic carbocycles. The molecule has 1 saturated carbocycles. The second-order valence-electron chi connectivity index (χ2n) is 5.52. The van der Waals surface area contributed by atoms with E-state index in [1.807, 2.05) is 12.4 Å². The SMILES string of the molecule is O=C(COC1CCCC1)N[C@@H]1CCc2nccn2C1. The fraction of sp³-hybridized carbons (Fsp3) is 0.714.